The van der Waals surface area contributed by atoms with Gasteiger partial charge in [0.05, 0.1) is 4.92 Å². The van der Waals surface area contributed by atoms with Crippen molar-refractivity contribution in [2.24, 2.45) is 0 Å². The first-order chi connectivity index (χ1) is 7.16. The van der Waals surface area contributed by atoms with Gasteiger partial charge in [-0.3, -0.25) is 10.1 Å². The topological polar surface area (TPSA) is 58.9 Å². The van der Waals surface area contributed by atoms with Gasteiger partial charge in [-0.1, -0.05) is 0 Å². The van der Waals surface area contributed by atoms with Crippen LogP contribution in [0.25, 0.3) is 17.0 Å². The van der Waals surface area contributed by atoms with E-state index in [-0.39, 0.29) is 5.82 Å². The number of aromatic nitrogens is 1. The van der Waals surface area contributed by atoms with Crippen LogP contribution in [0.4, 0.5) is 4.39 Å². The molecule has 0 aliphatic rings. The van der Waals surface area contributed by atoms with Gasteiger partial charge in [-0.15, -0.1) is 0 Å². The Balaban J connectivity index is 2.52. The summed E-state index contributed by atoms with van der Waals surface area (Å²) in [6, 6.07) is 4.26. The number of rotatable bonds is 2. The van der Waals surface area contributed by atoms with E-state index in [4.69, 9.17) is 0 Å². The fourth-order valence-electron chi connectivity index (χ4n) is 1.39. The Hall–Kier alpha value is -2.17. The van der Waals surface area contributed by atoms with Crippen LogP contribution in [0.1, 0.15) is 5.56 Å². The number of H-pyrrole nitrogens is 1. The lowest BCUT2D eigenvalue weighted by molar-refractivity contribution is -0.400. The summed E-state index contributed by atoms with van der Waals surface area (Å²) in [6.07, 6.45) is 3.76. The van der Waals surface area contributed by atoms with Crippen LogP contribution >= 0.6 is 0 Å². The molecule has 0 fully saturated rings. The fourth-order valence-corrected chi connectivity index (χ4v) is 1.39. The molecule has 0 saturated heterocycles. The van der Waals surface area contributed by atoms with Crippen LogP contribution in [-0.4, -0.2) is 9.91 Å². The minimum absolute atomic E-state index is 0.363. The Morgan fingerprint density at radius 3 is 3.00 bits per heavy atom. The zero-order valence-corrected chi connectivity index (χ0v) is 7.61. The summed E-state index contributed by atoms with van der Waals surface area (Å²) < 4.78 is 12.9. The molecule has 1 heterocycles. The maximum Gasteiger partial charge on any atom is 0.235 e. The first kappa shape index (κ1) is 9.39. The molecular formula is C10H7FN2O2. The number of nitrogens with zero attached hydrogens (tertiary/aromatic N) is 1. The Kier molecular flexibility index (Phi) is 2.21. The van der Waals surface area contributed by atoms with Crippen molar-refractivity contribution in [3.05, 3.63) is 52.1 Å². The maximum atomic E-state index is 12.9. The maximum absolute atomic E-state index is 12.9. The fraction of sp³-hybridized carbons (Fsp3) is 0. The van der Waals surface area contributed by atoms with E-state index in [1.54, 1.807) is 12.3 Å². The van der Waals surface area contributed by atoms with Gasteiger partial charge in [0.2, 0.25) is 6.20 Å². The van der Waals surface area contributed by atoms with Gasteiger partial charge in [-0.25, -0.2) is 4.39 Å². The summed E-state index contributed by atoms with van der Waals surface area (Å²) >= 11 is 0. The Bertz CT molecular complexity index is 545. The summed E-state index contributed by atoms with van der Waals surface area (Å²) in [5, 5.41) is 10.8. The molecule has 0 aliphatic heterocycles. The monoisotopic (exact) mass is 206 g/mol. The molecule has 15 heavy (non-hydrogen) atoms. The molecular weight excluding hydrogens is 199 g/mol. The quantitative estimate of drug-likeness (QED) is 0.606. The molecule has 1 aromatic heterocycles. The van der Waals surface area contributed by atoms with Crippen LogP contribution in [-0.2, 0) is 0 Å². The molecule has 0 saturated carbocycles. The van der Waals surface area contributed by atoms with Gasteiger partial charge in [-0.2, -0.15) is 0 Å². The first-order valence-electron chi connectivity index (χ1n) is 4.25. The van der Waals surface area contributed by atoms with Crippen molar-refractivity contribution >= 4 is 17.0 Å². The van der Waals surface area contributed by atoms with Crippen LogP contribution in [0.15, 0.2) is 30.6 Å². The zero-order valence-electron chi connectivity index (χ0n) is 7.61. The van der Waals surface area contributed by atoms with Gasteiger partial charge in [0.15, 0.2) is 0 Å². The normalized spacial score (nSPS) is 11.3. The Labute approximate surface area is 84.2 Å². The number of hydrogen-bond acceptors (Lipinski definition) is 2. The van der Waals surface area contributed by atoms with Gasteiger partial charge >= 0.3 is 0 Å². The van der Waals surface area contributed by atoms with Crippen molar-refractivity contribution in [1.82, 2.24) is 4.98 Å². The van der Waals surface area contributed by atoms with Gasteiger partial charge in [-0.05, 0) is 18.2 Å². The number of aromatic amines is 1. The Morgan fingerprint density at radius 2 is 2.27 bits per heavy atom. The molecule has 0 radical (unpaired) electrons. The van der Waals surface area contributed by atoms with E-state index in [1.807, 2.05) is 0 Å². The smallest absolute Gasteiger partial charge is 0.235 e. The van der Waals surface area contributed by atoms with Crippen molar-refractivity contribution in [3.63, 3.8) is 0 Å². The molecule has 0 unspecified atom stereocenters. The van der Waals surface area contributed by atoms with Crippen molar-refractivity contribution in [2.75, 3.05) is 0 Å². The number of hydrogen-bond donors (Lipinski definition) is 1. The van der Waals surface area contributed by atoms with E-state index < -0.39 is 4.92 Å². The SMILES string of the molecule is O=[N+]([O-])C=Cc1c[nH]c2ccc(F)cc12. The zero-order chi connectivity index (χ0) is 10.8. The van der Waals surface area contributed by atoms with Crippen molar-refractivity contribution in [1.29, 1.82) is 0 Å². The molecule has 0 amide bonds. The lowest BCUT2D eigenvalue weighted by Crippen LogP contribution is -1.81. The van der Waals surface area contributed by atoms with Crippen molar-refractivity contribution in [2.45, 2.75) is 0 Å². The summed E-state index contributed by atoms with van der Waals surface area (Å²) in [6.45, 7) is 0. The van der Waals surface area contributed by atoms with Crippen LogP contribution in [0.5, 0.6) is 0 Å². The number of benzene rings is 1. The number of nitro groups is 1. The van der Waals surface area contributed by atoms with E-state index >= 15 is 0 Å². The second-order valence-corrected chi connectivity index (χ2v) is 3.04. The summed E-state index contributed by atoms with van der Waals surface area (Å²) in [5.41, 5.74) is 1.35. The molecule has 4 nitrogen and oxygen atoms in total. The van der Waals surface area contributed by atoms with Gasteiger partial charge in [0.25, 0.3) is 0 Å². The second kappa shape index (κ2) is 3.53. The average Bonchev–Trinajstić information content (AvgIpc) is 2.57. The third-order valence-corrected chi connectivity index (χ3v) is 2.05. The van der Waals surface area contributed by atoms with Gasteiger partial charge < -0.3 is 4.98 Å². The average molecular weight is 206 g/mol. The molecule has 76 valence electrons. The molecule has 1 N–H and O–H groups in total. The summed E-state index contributed by atoms with van der Waals surface area (Å²) in [5.74, 6) is -0.363. The Morgan fingerprint density at radius 1 is 1.47 bits per heavy atom. The minimum Gasteiger partial charge on any atom is -0.361 e. The predicted molar refractivity (Wildman–Crippen MR) is 54.3 cm³/mol. The highest BCUT2D eigenvalue weighted by Gasteiger charge is 2.02. The van der Waals surface area contributed by atoms with Gasteiger partial charge in [0, 0.05) is 28.7 Å². The highest BCUT2D eigenvalue weighted by atomic mass is 19.1. The molecule has 0 aliphatic carbocycles. The standard InChI is InChI=1S/C10H7FN2O2/c11-8-1-2-10-9(5-8)7(6-12-10)3-4-13(14)15/h1-6,12H. The summed E-state index contributed by atoms with van der Waals surface area (Å²) in [4.78, 5) is 12.5. The number of halogens is 1. The molecule has 5 heteroatoms. The van der Waals surface area contributed by atoms with Crippen LogP contribution in [0, 0.1) is 15.9 Å². The molecule has 2 rings (SSSR count). The number of fused-ring (bicyclic) bond motifs is 1. The molecule has 2 aromatic rings. The van der Waals surface area contributed by atoms with E-state index in [2.05, 4.69) is 4.98 Å². The van der Waals surface area contributed by atoms with E-state index in [1.165, 1.54) is 18.2 Å². The van der Waals surface area contributed by atoms with Gasteiger partial charge in [0.1, 0.15) is 5.82 Å². The lowest BCUT2D eigenvalue weighted by atomic mass is 10.2. The highest BCUT2D eigenvalue weighted by molar-refractivity contribution is 5.88. The molecule has 1 aromatic carbocycles. The molecule has 0 spiro atoms. The third kappa shape index (κ3) is 1.85. The minimum atomic E-state index is -0.557. The van der Waals surface area contributed by atoms with E-state index in [9.17, 15) is 14.5 Å². The second-order valence-electron chi connectivity index (χ2n) is 3.04. The molecule has 0 atom stereocenters. The van der Waals surface area contributed by atoms with Crippen molar-refractivity contribution in [3.8, 4) is 0 Å². The van der Waals surface area contributed by atoms with Crippen molar-refractivity contribution < 1.29 is 9.31 Å². The van der Waals surface area contributed by atoms with E-state index in [0.717, 1.165) is 11.7 Å². The van der Waals surface area contributed by atoms with Crippen LogP contribution < -0.4 is 0 Å². The molecule has 0 bridgehead atoms. The summed E-state index contributed by atoms with van der Waals surface area (Å²) in [7, 11) is 0. The van der Waals surface area contributed by atoms with Crippen LogP contribution in [0.3, 0.4) is 0 Å². The van der Waals surface area contributed by atoms with E-state index in [0.29, 0.717) is 10.9 Å². The predicted octanol–water partition coefficient (Wildman–Crippen LogP) is 2.55. The largest absolute Gasteiger partial charge is 0.361 e. The highest BCUT2D eigenvalue weighted by Crippen LogP contribution is 2.20. The third-order valence-electron chi connectivity index (χ3n) is 2.05. The number of nitrogens with one attached hydrogen (secondary N) is 1. The lowest BCUT2D eigenvalue weighted by Gasteiger charge is -1.91. The van der Waals surface area contributed by atoms with Crippen LogP contribution in [0.2, 0.25) is 0 Å². The first-order valence-corrected chi connectivity index (χ1v) is 4.25.